The molecule has 0 aliphatic rings. The fourth-order valence-electron chi connectivity index (χ4n) is 3.41. The van der Waals surface area contributed by atoms with Gasteiger partial charge in [0.15, 0.2) is 5.78 Å². The van der Waals surface area contributed by atoms with Gasteiger partial charge in [-0.2, -0.15) is 0 Å². The highest BCUT2D eigenvalue weighted by Gasteiger charge is 2.10. The fourth-order valence-corrected chi connectivity index (χ4v) is 4.86. The molecule has 3 nitrogen and oxygen atoms in total. The standard InChI is InChI=1S/C27H20Br2O3/c1-31-22-12-10-20(11-13-22)26(30)14-9-18-15-24(28)27(25(29)16-18)32-17-21-7-4-6-19-5-2-3-8-23(19)21/h2-16H,17H2,1H3/b14-9+. The maximum atomic E-state index is 12.4. The quantitative estimate of drug-likeness (QED) is 0.173. The number of allylic oxidation sites excluding steroid dienone is 1. The van der Waals surface area contributed by atoms with Crippen LogP contribution in [0.25, 0.3) is 16.8 Å². The summed E-state index contributed by atoms with van der Waals surface area (Å²) in [5.41, 5.74) is 2.61. The van der Waals surface area contributed by atoms with E-state index in [0.29, 0.717) is 12.2 Å². The number of ether oxygens (including phenoxy) is 2. The molecule has 0 aliphatic heterocycles. The van der Waals surface area contributed by atoms with Gasteiger partial charge in [-0.3, -0.25) is 4.79 Å². The lowest BCUT2D eigenvalue weighted by Crippen LogP contribution is -1.98. The van der Waals surface area contributed by atoms with Gasteiger partial charge in [-0.05, 0) is 96.2 Å². The number of hydrogen-bond acceptors (Lipinski definition) is 3. The summed E-state index contributed by atoms with van der Waals surface area (Å²) in [7, 11) is 1.60. The third-order valence-corrected chi connectivity index (χ3v) is 6.25. The lowest BCUT2D eigenvalue weighted by Gasteiger charge is -2.13. The second-order valence-corrected chi connectivity index (χ2v) is 8.88. The van der Waals surface area contributed by atoms with Crippen molar-refractivity contribution in [3.63, 3.8) is 0 Å². The molecule has 0 saturated carbocycles. The van der Waals surface area contributed by atoms with Crippen LogP contribution < -0.4 is 9.47 Å². The van der Waals surface area contributed by atoms with Gasteiger partial charge in [0.2, 0.25) is 0 Å². The molecule has 0 bridgehead atoms. The lowest BCUT2D eigenvalue weighted by atomic mass is 10.1. The maximum Gasteiger partial charge on any atom is 0.185 e. The van der Waals surface area contributed by atoms with Crippen LogP contribution in [0.5, 0.6) is 11.5 Å². The highest BCUT2D eigenvalue weighted by Crippen LogP contribution is 2.36. The Hall–Kier alpha value is -2.89. The predicted molar refractivity (Wildman–Crippen MR) is 136 cm³/mol. The molecular formula is C27H20Br2O3. The van der Waals surface area contributed by atoms with Crippen LogP contribution in [0.4, 0.5) is 0 Å². The monoisotopic (exact) mass is 550 g/mol. The third-order valence-electron chi connectivity index (χ3n) is 5.07. The van der Waals surface area contributed by atoms with Gasteiger partial charge < -0.3 is 9.47 Å². The molecule has 0 aliphatic carbocycles. The molecule has 4 aromatic carbocycles. The van der Waals surface area contributed by atoms with Crippen LogP contribution in [0, 0.1) is 0 Å². The van der Waals surface area contributed by atoms with E-state index in [0.717, 1.165) is 31.6 Å². The predicted octanol–water partition coefficient (Wildman–Crippen LogP) is 7.85. The van der Waals surface area contributed by atoms with Gasteiger partial charge in [0.1, 0.15) is 18.1 Å². The van der Waals surface area contributed by atoms with Crippen molar-refractivity contribution in [1.29, 1.82) is 0 Å². The minimum atomic E-state index is -0.0730. The molecule has 0 saturated heterocycles. The average molecular weight is 552 g/mol. The number of halogens is 2. The molecule has 0 heterocycles. The Labute approximate surface area is 203 Å². The molecule has 5 heteroatoms. The number of hydrogen-bond donors (Lipinski definition) is 0. The van der Waals surface area contributed by atoms with Crippen molar-refractivity contribution < 1.29 is 14.3 Å². The van der Waals surface area contributed by atoms with E-state index >= 15 is 0 Å². The van der Waals surface area contributed by atoms with E-state index < -0.39 is 0 Å². The first-order chi connectivity index (χ1) is 15.5. The van der Waals surface area contributed by atoms with Gasteiger partial charge in [-0.15, -0.1) is 0 Å². The summed E-state index contributed by atoms with van der Waals surface area (Å²) in [4.78, 5) is 12.4. The summed E-state index contributed by atoms with van der Waals surface area (Å²) in [5, 5.41) is 2.37. The average Bonchev–Trinajstić information content (AvgIpc) is 2.82. The first-order valence-corrected chi connectivity index (χ1v) is 11.6. The largest absolute Gasteiger partial charge is 0.497 e. The van der Waals surface area contributed by atoms with E-state index in [1.807, 2.05) is 30.3 Å². The second-order valence-electron chi connectivity index (χ2n) is 7.17. The Morgan fingerprint density at radius 1 is 0.906 bits per heavy atom. The summed E-state index contributed by atoms with van der Waals surface area (Å²) in [6.07, 6.45) is 3.35. The van der Waals surface area contributed by atoms with Crippen LogP contribution in [0.3, 0.4) is 0 Å². The van der Waals surface area contributed by atoms with Crippen molar-refractivity contribution in [3.05, 3.63) is 111 Å². The van der Waals surface area contributed by atoms with Crippen LogP contribution in [-0.2, 0) is 6.61 Å². The van der Waals surface area contributed by atoms with Gasteiger partial charge in [0, 0.05) is 5.56 Å². The molecule has 160 valence electrons. The van der Waals surface area contributed by atoms with E-state index in [1.54, 1.807) is 43.5 Å². The van der Waals surface area contributed by atoms with Crippen LogP contribution in [0.2, 0.25) is 0 Å². The maximum absolute atomic E-state index is 12.4. The molecule has 0 fully saturated rings. The number of carbonyl (C=O) groups excluding carboxylic acids is 1. The van der Waals surface area contributed by atoms with Crippen molar-refractivity contribution >= 4 is 54.5 Å². The molecule has 0 unspecified atom stereocenters. The summed E-state index contributed by atoms with van der Waals surface area (Å²) in [5.74, 6) is 1.37. The first-order valence-electron chi connectivity index (χ1n) is 10.00. The molecular weight excluding hydrogens is 532 g/mol. The van der Waals surface area contributed by atoms with E-state index in [-0.39, 0.29) is 5.78 Å². The summed E-state index contributed by atoms with van der Waals surface area (Å²) in [6.45, 7) is 0.448. The summed E-state index contributed by atoms with van der Waals surface area (Å²) in [6, 6.07) is 25.4. The van der Waals surface area contributed by atoms with Gasteiger partial charge >= 0.3 is 0 Å². The first kappa shape index (κ1) is 22.3. The van der Waals surface area contributed by atoms with E-state index in [2.05, 4.69) is 56.1 Å². The Morgan fingerprint density at radius 3 is 2.31 bits per heavy atom. The minimum absolute atomic E-state index is 0.0730. The van der Waals surface area contributed by atoms with Gasteiger partial charge in [-0.25, -0.2) is 0 Å². The fraction of sp³-hybridized carbons (Fsp3) is 0.0741. The minimum Gasteiger partial charge on any atom is -0.497 e. The van der Waals surface area contributed by atoms with Crippen molar-refractivity contribution in [2.24, 2.45) is 0 Å². The van der Waals surface area contributed by atoms with E-state index in [9.17, 15) is 4.79 Å². The smallest absolute Gasteiger partial charge is 0.185 e. The summed E-state index contributed by atoms with van der Waals surface area (Å²) >= 11 is 7.20. The SMILES string of the molecule is COc1ccc(C(=O)/C=C/c2cc(Br)c(OCc3cccc4ccccc34)c(Br)c2)cc1. The molecule has 0 atom stereocenters. The van der Waals surface area contributed by atoms with Crippen LogP contribution >= 0.6 is 31.9 Å². The van der Waals surface area contributed by atoms with Crippen LogP contribution in [0.1, 0.15) is 21.5 Å². The third kappa shape index (κ3) is 5.12. The Kier molecular flexibility index (Phi) is 7.08. The molecule has 4 rings (SSSR count). The Bertz CT molecular complexity index is 1270. The normalized spacial score (nSPS) is 11.1. The van der Waals surface area contributed by atoms with Gasteiger partial charge in [0.05, 0.1) is 16.1 Å². The highest BCUT2D eigenvalue weighted by atomic mass is 79.9. The molecule has 0 N–H and O–H groups in total. The van der Waals surface area contributed by atoms with Crippen LogP contribution in [0.15, 0.2) is 93.9 Å². The van der Waals surface area contributed by atoms with Crippen LogP contribution in [-0.4, -0.2) is 12.9 Å². The topological polar surface area (TPSA) is 35.5 Å². The zero-order valence-electron chi connectivity index (χ0n) is 17.3. The van der Waals surface area contributed by atoms with Crippen molar-refractivity contribution in [2.45, 2.75) is 6.61 Å². The van der Waals surface area contributed by atoms with Crippen molar-refractivity contribution in [3.8, 4) is 11.5 Å². The second kappa shape index (κ2) is 10.2. The highest BCUT2D eigenvalue weighted by molar-refractivity contribution is 9.11. The molecule has 0 spiro atoms. The zero-order valence-corrected chi connectivity index (χ0v) is 20.5. The van der Waals surface area contributed by atoms with Gasteiger partial charge in [-0.1, -0.05) is 48.5 Å². The van der Waals surface area contributed by atoms with E-state index in [1.165, 1.54) is 10.8 Å². The molecule has 0 amide bonds. The van der Waals surface area contributed by atoms with E-state index in [4.69, 9.17) is 9.47 Å². The van der Waals surface area contributed by atoms with Crippen molar-refractivity contribution in [2.75, 3.05) is 7.11 Å². The number of carbonyl (C=O) groups is 1. The molecule has 32 heavy (non-hydrogen) atoms. The summed E-state index contributed by atoms with van der Waals surface area (Å²) < 4.78 is 12.9. The Morgan fingerprint density at radius 2 is 1.59 bits per heavy atom. The number of ketones is 1. The lowest BCUT2D eigenvalue weighted by molar-refractivity contribution is 0.104. The van der Waals surface area contributed by atoms with Crippen molar-refractivity contribution in [1.82, 2.24) is 0 Å². The zero-order chi connectivity index (χ0) is 22.5. The molecule has 0 aromatic heterocycles. The van der Waals surface area contributed by atoms with Gasteiger partial charge in [0.25, 0.3) is 0 Å². The number of rotatable bonds is 7. The molecule has 4 aromatic rings. The molecule has 0 radical (unpaired) electrons. The number of benzene rings is 4. The Balaban J connectivity index is 1.49. The number of fused-ring (bicyclic) bond motifs is 1. The number of methoxy groups -OCH3 is 1.